The van der Waals surface area contributed by atoms with E-state index >= 15 is 0 Å². The molecule has 0 saturated carbocycles. The maximum atomic E-state index is 14.4. The van der Waals surface area contributed by atoms with Gasteiger partial charge in [0.2, 0.25) is 0 Å². The molecule has 0 bridgehead atoms. The fraction of sp³-hybridized carbons (Fsp3) is 0.222. The molecule has 1 amide bonds. The Morgan fingerprint density at radius 2 is 2.08 bits per heavy atom. The third-order valence-corrected chi connectivity index (χ3v) is 4.21. The van der Waals surface area contributed by atoms with Gasteiger partial charge in [-0.05, 0) is 44.5 Å². The largest absolute Gasteiger partial charge is 0.352 e. The van der Waals surface area contributed by atoms with Crippen molar-refractivity contribution in [2.24, 2.45) is 0 Å². The minimum Gasteiger partial charge on any atom is -0.352 e. The van der Waals surface area contributed by atoms with Crippen LogP contribution in [0, 0.1) is 19.7 Å². The maximum Gasteiger partial charge on any atom is 0.254 e. The molecule has 0 atom stereocenters. The van der Waals surface area contributed by atoms with Crippen molar-refractivity contribution in [3.8, 4) is 11.3 Å². The normalized spacial score (nSPS) is 11.0. The molecule has 0 aliphatic carbocycles. The standard InChI is InChI=1S/C18H17ClFN3O/c1-4-21-18(24)14-7-10(2)13(9-15(14)20)17-11(3)23-6-5-12(19)8-16(23)22-17/h5-9H,4H2,1-3H3,(H,21,24). The van der Waals surface area contributed by atoms with Crippen LogP contribution in [0.25, 0.3) is 16.9 Å². The van der Waals surface area contributed by atoms with E-state index in [1.807, 2.05) is 24.4 Å². The molecule has 0 fully saturated rings. The van der Waals surface area contributed by atoms with Crippen LogP contribution >= 0.6 is 11.6 Å². The fourth-order valence-corrected chi connectivity index (χ4v) is 2.92. The van der Waals surface area contributed by atoms with Gasteiger partial charge in [0, 0.05) is 35.1 Å². The van der Waals surface area contributed by atoms with Crippen molar-refractivity contribution in [2.75, 3.05) is 6.54 Å². The number of hydrogen-bond donors (Lipinski definition) is 1. The van der Waals surface area contributed by atoms with Crippen LogP contribution in [-0.2, 0) is 0 Å². The van der Waals surface area contributed by atoms with Crippen LogP contribution in [0.5, 0.6) is 0 Å². The summed E-state index contributed by atoms with van der Waals surface area (Å²) >= 11 is 6.01. The summed E-state index contributed by atoms with van der Waals surface area (Å²) in [5.41, 5.74) is 3.75. The number of pyridine rings is 1. The summed E-state index contributed by atoms with van der Waals surface area (Å²) < 4.78 is 16.3. The van der Waals surface area contributed by atoms with Crippen LogP contribution < -0.4 is 5.32 Å². The lowest BCUT2D eigenvalue weighted by atomic mass is 10.0. The van der Waals surface area contributed by atoms with E-state index in [1.165, 1.54) is 6.07 Å². The molecule has 0 radical (unpaired) electrons. The summed E-state index contributed by atoms with van der Waals surface area (Å²) in [6.07, 6.45) is 1.83. The number of aryl methyl sites for hydroxylation is 2. The first-order valence-corrected chi connectivity index (χ1v) is 8.03. The summed E-state index contributed by atoms with van der Waals surface area (Å²) in [5, 5.41) is 3.21. The Balaban J connectivity index is 2.15. The first-order valence-electron chi connectivity index (χ1n) is 7.65. The van der Waals surface area contributed by atoms with E-state index in [-0.39, 0.29) is 5.56 Å². The zero-order valence-electron chi connectivity index (χ0n) is 13.7. The van der Waals surface area contributed by atoms with Crippen LogP contribution in [0.2, 0.25) is 5.02 Å². The molecule has 0 spiro atoms. The van der Waals surface area contributed by atoms with Gasteiger partial charge in [0.1, 0.15) is 11.5 Å². The van der Waals surface area contributed by atoms with E-state index in [2.05, 4.69) is 10.3 Å². The number of nitrogens with one attached hydrogen (secondary N) is 1. The number of hydrogen-bond acceptors (Lipinski definition) is 2. The molecule has 2 heterocycles. The van der Waals surface area contributed by atoms with Crippen molar-refractivity contribution >= 4 is 23.2 Å². The Labute approximate surface area is 144 Å². The number of carbonyl (C=O) groups is 1. The minimum absolute atomic E-state index is 0.0440. The molecule has 3 rings (SSSR count). The van der Waals surface area contributed by atoms with Gasteiger partial charge in [-0.2, -0.15) is 0 Å². The summed E-state index contributed by atoms with van der Waals surface area (Å²) in [5.74, 6) is -0.973. The smallest absolute Gasteiger partial charge is 0.254 e. The van der Waals surface area contributed by atoms with Gasteiger partial charge in [-0.25, -0.2) is 9.37 Å². The predicted octanol–water partition coefficient (Wildman–Crippen LogP) is 4.16. The van der Waals surface area contributed by atoms with Crippen LogP contribution in [0.3, 0.4) is 0 Å². The Kier molecular flexibility index (Phi) is 4.28. The van der Waals surface area contributed by atoms with Crippen molar-refractivity contribution < 1.29 is 9.18 Å². The molecular formula is C18H17ClFN3O. The van der Waals surface area contributed by atoms with Crippen molar-refractivity contribution in [2.45, 2.75) is 20.8 Å². The second kappa shape index (κ2) is 6.24. The van der Waals surface area contributed by atoms with Crippen molar-refractivity contribution in [1.82, 2.24) is 14.7 Å². The molecule has 0 unspecified atom stereocenters. The zero-order valence-corrected chi connectivity index (χ0v) is 14.4. The molecule has 6 heteroatoms. The van der Waals surface area contributed by atoms with Crippen molar-refractivity contribution in [3.05, 3.63) is 58.1 Å². The lowest BCUT2D eigenvalue weighted by Crippen LogP contribution is -2.23. The lowest BCUT2D eigenvalue weighted by Gasteiger charge is -2.09. The third-order valence-electron chi connectivity index (χ3n) is 3.98. The average molecular weight is 346 g/mol. The van der Waals surface area contributed by atoms with E-state index in [1.54, 1.807) is 25.1 Å². The van der Waals surface area contributed by atoms with Gasteiger partial charge in [-0.3, -0.25) is 4.79 Å². The second-order valence-corrected chi connectivity index (χ2v) is 6.06. The van der Waals surface area contributed by atoms with Gasteiger partial charge in [-0.15, -0.1) is 0 Å². The van der Waals surface area contributed by atoms with Gasteiger partial charge in [-0.1, -0.05) is 11.6 Å². The Morgan fingerprint density at radius 3 is 2.79 bits per heavy atom. The van der Waals surface area contributed by atoms with Crippen molar-refractivity contribution in [3.63, 3.8) is 0 Å². The average Bonchev–Trinajstić information content (AvgIpc) is 2.85. The number of halogens is 2. The number of amides is 1. The molecule has 2 aromatic heterocycles. The molecule has 0 aliphatic heterocycles. The van der Waals surface area contributed by atoms with E-state index in [0.29, 0.717) is 28.5 Å². The number of carbonyl (C=O) groups excluding carboxylic acids is 1. The predicted molar refractivity (Wildman–Crippen MR) is 93.1 cm³/mol. The highest BCUT2D eigenvalue weighted by Crippen LogP contribution is 2.29. The van der Waals surface area contributed by atoms with Crippen LogP contribution in [0.1, 0.15) is 28.5 Å². The molecule has 1 N–H and O–H groups in total. The maximum absolute atomic E-state index is 14.4. The monoisotopic (exact) mass is 345 g/mol. The number of aromatic nitrogens is 2. The number of rotatable bonds is 3. The molecule has 124 valence electrons. The van der Waals surface area contributed by atoms with Gasteiger partial charge in [0.05, 0.1) is 11.3 Å². The van der Waals surface area contributed by atoms with E-state index < -0.39 is 11.7 Å². The van der Waals surface area contributed by atoms with Gasteiger partial charge < -0.3 is 9.72 Å². The Hall–Kier alpha value is -2.40. The number of fused-ring (bicyclic) bond motifs is 1. The second-order valence-electron chi connectivity index (χ2n) is 5.63. The molecule has 1 aromatic carbocycles. The molecular weight excluding hydrogens is 329 g/mol. The van der Waals surface area contributed by atoms with Crippen molar-refractivity contribution in [1.29, 1.82) is 0 Å². The Bertz CT molecular complexity index is 949. The fourth-order valence-electron chi connectivity index (χ4n) is 2.76. The highest BCUT2D eigenvalue weighted by atomic mass is 35.5. The first-order chi connectivity index (χ1) is 11.4. The number of nitrogens with zero attached hydrogens (tertiary/aromatic N) is 2. The van der Waals surface area contributed by atoms with Crippen LogP contribution in [-0.4, -0.2) is 21.8 Å². The molecule has 3 aromatic rings. The number of imidazole rings is 1. The topological polar surface area (TPSA) is 46.4 Å². The van der Waals surface area contributed by atoms with Crippen LogP contribution in [0.15, 0.2) is 30.5 Å². The van der Waals surface area contributed by atoms with E-state index in [4.69, 9.17) is 11.6 Å². The highest BCUT2D eigenvalue weighted by Gasteiger charge is 2.18. The van der Waals surface area contributed by atoms with Gasteiger partial charge >= 0.3 is 0 Å². The quantitative estimate of drug-likeness (QED) is 0.774. The summed E-state index contributed by atoms with van der Waals surface area (Å²) in [7, 11) is 0. The SMILES string of the molecule is CCNC(=O)c1cc(C)c(-c2nc3cc(Cl)ccn3c2C)cc1F. The summed E-state index contributed by atoms with van der Waals surface area (Å²) in [6, 6.07) is 6.47. The van der Waals surface area contributed by atoms with Crippen LogP contribution in [0.4, 0.5) is 4.39 Å². The third kappa shape index (κ3) is 2.76. The number of benzene rings is 1. The molecule has 0 aliphatic rings. The lowest BCUT2D eigenvalue weighted by molar-refractivity contribution is 0.0951. The first kappa shape index (κ1) is 16.5. The molecule has 0 saturated heterocycles. The Morgan fingerprint density at radius 1 is 1.33 bits per heavy atom. The molecule has 24 heavy (non-hydrogen) atoms. The van der Waals surface area contributed by atoms with Gasteiger partial charge in [0.15, 0.2) is 0 Å². The van der Waals surface area contributed by atoms with E-state index in [0.717, 1.165) is 11.3 Å². The summed E-state index contributed by atoms with van der Waals surface area (Å²) in [4.78, 5) is 16.5. The zero-order chi connectivity index (χ0) is 17.4. The minimum atomic E-state index is -0.559. The van der Waals surface area contributed by atoms with Gasteiger partial charge in [0.25, 0.3) is 5.91 Å². The molecule has 4 nitrogen and oxygen atoms in total. The highest BCUT2D eigenvalue weighted by molar-refractivity contribution is 6.30. The van der Waals surface area contributed by atoms with E-state index in [9.17, 15) is 9.18 Å². The summed E-state index contributed by atoms with van der Waals surface area (Å²) in [6.45, 7) is 6.00.